The minimum atomic E-state index is -0.286. The molecule has 0 spiro atoms. The van der Waals surface area contributed by atoms with Gasteiger partial charge in [-0.05, 0) is 71.4 Å². The molecule has 0 aromatic heterocycles. The second kappa shape index (κ2) is 8.83. The van der Waals surface area contributed by atoms with Gasteiger partial charge in [-0.3, -0.25) is 4.79 Å². The van der Waals surface area contributed by atoms with Crippen LogP contribution in [0, 0.1) is 29.6 Å². The molecule has 0 radical (unpaired) electrons. The summed E-state index contributed by atoms with van der Waals surface area (Å²) in [6.07, 6.45) is 0.980. The molecule has 0 bridgehead atoms. The summed E-state index contributed by atoms with van der Waals surface area (Å²) in [7, 11) is 1.71. The van der Waals surface area contributed by atoms with Crippen LogP contribution in [0.2, 0.25) is 0 Å². The van der Waals surface area contributed by atoms with Crippen LogP contribution >= 0.6 is 0 Å². The van der Waals surface area contributed by atoms with Crippen molar-refractivity contribution in [2.75, 3.05) is 7.11 Å². The summed E-state index contributed by atoms with van der Waals surface area (Å²) in [5, 5.41) is 0. The van der Waals surface area contributed by atoms with Gasteiger partial charge in [0.2, 0.25) is 0 Å². The lowest BCUT2D eigenvalue weighted by Crippen LogP contribution is -2.54. The van der Waals surface area contributed by atoms with Gasteiger partial charge in [0.05, 0.1) is 7.11 Å². The number of hydrogen-bond donors (Lipinski definition) is 0. The average Bonchev–Trinajstić information content (AvgIpc) is 2.74. The quantitative estimate of drug-likeness (QED) is 0.430. The number of carbonyl (C=O) groups is 1. The summed E-state index contributed by atoms with van der Waals surface area (Å²) in [4.78, 5) is 11.3. The molecule has 1 aliphatic rings. The highest BCUT2D eigenvalue weighted by Gasteiger charge is 2.52. The van der Waals surface area contributed by atoms with E-state index in [0.29, 0.717) is 35.3 Å². The molecule has 1 fully saturated rings. The molecular weight excluding hydrogens is 372 g/mol. The Kier molecular flexibility index (Phi) is 6.59. The smallest absolute Gasteiger partial charge is 0.308 e. The van der Waals surface area contributed by atoms with Crippen LogP contribution in [0.1, 0.15) is 52.7 Å². The molecular formula is C27H36O3. The van der Waals surface area contributed by atoms with Crippen molar-refractivity contribution in [1.82, 2.24) is 0 Å². The molecule has 0 N–H and O–H groups in total. The number of benzene rings is 2. The number of hydrogen-bond acceptors (Lipinski definition) is 3. The highest BCUT2D eigenvalue weighted by atomic mass is 16.5. The molecule has 4 unspecified atom stereocenters. The fourth-order valence-electron chi connectivity index (χ4n) is 5.77. The van der Waals surface area contributed by atoms with Crippen molar-refractivity contribution in [2.24, 2.45) is 29.6 Å². The molecule has 2 aromatic carbocycles. The predicted molar refractivity (Wildman–Crippen MR) is 122 cm³/mol. The molecule has 1 aliphatic carbocycles. The van der Waals surface area contributed by atoms with Gasteiger partial charge >= 0.3 is 5.97 Å². The molecule has 3 rings (SSSR count). The second-order valence-corrected chi connectivity index (χ2v) is 9.34. The fourth-order valence-corrected chi connectivity index (χ4v) is 5.77. The summed E-state index contributed by atoms with van der Waals surface area (Å²) in [5.74, 6) is 4.14. The number of ether oxygens (including phenoxy) is 2. The zero-order chi connectivity index (χ0) is 22.1. The van der Waals surface area contributed by atoms with Gasteiger partial charge in [0.15, 0.2) is 0 Å². The van der Waals surface area contributed by atoms with Crippen molar-refractivity contribution in [3.63, 3.8) is 0 Å². The summed E-state index contributed by atoms with van der Waals surface area (Å²) in [6, 6.07) is 16.7. The normalized spacial score (nSPS) is 31.2. The minimum absolute atomic E-state index is 0.00862. The van der Waals surface area contributed by atoms with Gasteiger partial charge in [-0.1, -0.05) is 58.9 Å². The first-order valence-corrected chi connectivity index (χ1v) is 11.1. The lowest BCUT2D eigenvalue weighted by atomic mass is 9.48. The molecule has 0 aliphatic heterocycles. The van der Waals surface area contributed by atoms with Crippen LogP contribution in [0.5, 0.6) is 11.5 Å². The molecule has 0 amide bonds. The maximum absolute atomic E-state index is 11.3. The van der Waals surface area contributed by atoms with Crippen molar-refractivity contribution in [3.05, 3.63) is 59.7 Å². The highest BCUT2D eigenvalue weighted by Crippen LogP contribution is 2.55. The number of methoxy groups -OCH3 is 1. The van der Waals surface area contributed by atoms with Gasteiger partial charge in [0, 0.05) is 12.3 Å². The Hall–Kier alpha value is -2.29. The molecule has 2 aromatic rings. The number of esters is 1. The largest absolute Gasteiger partial charge is 0.497 e. The van der Waals surface area contributed by atoms with Crippen LogP contribution in [0.3, 0.4) is 0 Å². The van der Waals surface area contributed by atoms with Crippen molar-refractivity contribution in [2.45, 2.75) is 53.4 Å². The standard InChI is InChI=1S/C27H36O3/c1-17-18(2)20(4)27(21(5)19(17)3,16-23-8-12-25(29-7)13-9-23)24-10-14-26(15-11-24)30-22(6)28/h8-15,17-21H,16H2,1-7H3. The third kappa shape index (κ3) is 3.99. The molecule has 1 saturated carbocycles. The molecule has 162 valence electrons. The Balaban J connectivity index is 2.08. The van der Waals surface area contributed by atoms with Gasteiger partial charge in [0.25, 0.3) is 0 Å². The van der Waals surface area contributed by atoms with E-state index in [4.69, 9.17) is 9.47 Å². The first-order valence-electron chi connectivity index (χ1n) is 11.1. The topological polar surface area (TPSA) is 35.5 Å². The Morgan fingerprint density at radius 1 is 0.800 bits per heavy atom. The van der Waals surface area contributed by atoms with Crippen LogP contribution in [0.4, 0.5) is 0 Å². The van der Waals surface area contributed by atoms with Gasteiger partial charge in [-0.25, -0.2) is 0 Å². The monoisotopic (exact) mass is 408 g/mol. The first-order chi connectivity index (χ1) is 14.2. The Bertz CT molecular complexity index is 837. The van der Waals surface area contributed by atoms with Crippen LogP contribution in [0.25, 0.3) is 0 Å². The SMILES string of the molecule is COc1ccc(CC2(c3ccc(OC(C)=O)cc3)C(C)C(C)C(C)C(C)C2C)cc1. The van der Waals surface area contributed by atoms with E-state index in [-0.39, 0.29) is 11.4 Å². The van der Waals surface area contributed by atoms with Crippen molar-refractivity contribution >= 4 is 5.97 Å². The Morgan fingerprint density at radius 2 is 1.30 bits per heavy atom. The maximum Gasteiger partial charge on any atom is 0.308 e. The molecule has 0 saturated heterocycles. The summed E-state index contributed by atoms with van der Waals surface area (Å²) in [5.41, 5.74) is 2.67. The zero-order valence-electron chi connectivity index (χ0n) is 19.4. The fraction of sp³-hybridized carbons (Fsp3) is 0.519. The summed E-state index contributed by atoms with van der Waals surface area (Å²) >= 11 is 0. The molecule has 3 heteroatoms. The molecule has 4 atom stereocenters. The van der Waals surface area contributed by atoms with E-state index in [1.54, 1.807) is 7.11 Å². The van der Waals surface area contributed by atoms with Gasteiger partial charge in [-0.15, -0.1) is 0 Å². The third-order valence-corrected chi connectivity index (χ3v) is 8.17. The molecule has 3 nitrogen and oxygen atoms in total. The van der Waals surface area contributed by atoms with Crippen LogP contribution in [-0.2, 0) is 16.6 Å². The number of rotatable bonds is 5. The van der Waals surface area contributed by atoms with E-state index >= 15 is 0 Å². The van der Waals surface area contributed by atoms with Gasteiger partial charge in [-0.2, -0.15) is 0 Å². The minimum Gasteiger partial charge on any atom is -0.497 e. The van der Waals surface area contributed by atoms with Crippen LogP contribution in [-0.4, -0.2) is 13.1 Å². The van der Waals surface area contributed by atoms with E-state index in [1.807, 2.05) is 12.1 Å². The van der Waals surface area contributed by atoms with Crippen LogP contribution < -0.4 is 9.47 Å². The zero-order valence-corrected chi connectivity index (χ0v) is 19.4. The average molecular weight is 409 g/mol. The van der Waals surface area contributed by atoms with E-state index in [1.165, 1.54) is 18.1 Å². The summed E-state index contributed by atoms with van der Waals surface area (Å²) < 4.78 is 10.7. The third-order valence-electron chi connectivity index (χ3n) is 8.17. The second-order valence-electron chi connectivity index (χ2n) is 9.34. The van der Waals surface area contributed by atoms with Gasteiger partial charge < -0.3 is 9.47 Å². The van der Waals surface area contributed by atoms with E-state index in [9.17, 15) is 4.79 Å². The van der Waals surface area contributed by atoms with E-state index in [0.717, 1.165) is 12.2 Å². The Morgan fingerprint density at radius 3 is 1.77 bits per heavy atom. The van der Waals surface area contributed by atoms with Crippen molar-refractivity contribution in [3.8, 4) is 11.5 Å². The maximum atomic E-state index is 11.3. The Labute approximate surface area is 181 Å². The van der Waals surface area contributed by atoms with Crippen LogP contribution in [0.15, 0.2) is 48.5 Å². The molecule has 0 heterocycles. The lowest BCUT2D eigenvalue weighted by molar-refractivity contribution is -0.131. The highest BCUT2D eigenvalue weighted by molar-refractivity contribution is 5.69. The van der Waals surface area contributed by atoms with Crippen molar-refractivity contribution in [1.29, 1.82) is 0 Å². The lowest BCUT2D eigenvalue weighted by Gasteiger charge is -2.56. The first kappa shape index (κ1) is 22.4. The van der Waals surface area contributed by atoms with E-state index < -0.39 is 0 Å². The van der Waals surface area contributed by atoms with Gasteiger partial charge in [0.1, 0.15) is 11.5 Å². The van der Waals surface area contributed by atoms with Crippen molar-refractivity contribution < 1.29 is 14.3 Å². The number of carbonyl (C=O) groups excluding carboxylic acids is 1. The molecule has 30 heavy (non-hydrogen) atoms. The van der Waals surface area contributed by atoms with E-state index in [2.05, 4.69) is 71.0 Å². The predicted octanol–water partition coefficient (Wildman–Crippen LogP) is 6.30. The summed E-state index contributed by atoms with van der Waals surface area (Å²) in [6.45, 7) is 13.5.